The Kier molecular flexibility index (Phi) is 2.10. The predicted molar refractivity (Wildman–Crippen MR) is 47.4 cm³/mol. The van der Waals surface area contributed by atoms with Crippen LogP contribution in [0.5, 0.6) is 0 Å². The van der Waals surface area contributed by atoms with Gasteiger partial charge in [0, 0.05) is 10.0 Å². The van der Waals surface area contributed by atoms with Crippen molar-refractivity contribution in [1.82, 2.24) is 10.2 Å². The first kappa shape index (κ1) is 8.37. The summed E-state index contributed by atoms with van der Waals surface area (Å²) in [7, 11) is 0. The number of halogens is 2. The molecular weight excluding hydrogens is 239 g/mol. The maximum absolute atomic E-state index is 12.9. The summed E-state index contributed by atoms with van der Waals surface area (Å²) in [5.41, 5.74) is 0.560. The SMILES string of the molecule is Fc1cc(Br)cc(-c2nnco2)c1. The quantitative estimate of drug-likeness (QED) is 0.772. The van der Waals surface area contributed by atoms with Gasteiger partial charge in [-0.1, -0.05) is 15.9 Å². The average molecular weight is 243 g/mol. The fraction of sp³-hybridized carbons (Fsp3) is 0. The van der Waals surface area contributed by atoms with Crippen molar-refractivity contribution in [1.29, 1.82) is 0 Å². The molecule has 5 heteroatoms. The lowest BCUT2D eigenvalue weighted by Crippen LogP contribution is -1.81. The summed E-state index contributed by atoms with van der Waals surface area (Å²) in [5, 5.41) is 7.17. The van der Waals surface area contributed by atoms with Crippen LogP contribution in [-0.2, 0) is 0 Å². The van der Waals surface area contributed by atoms with Gasteiger partial charge in [0.2, 0.25) is 12.3 Å². The zero-order valence-electron chi connectivity index (χ0n) is 6.37. The van der Waals surface area contributed by atoms with Crippen LogP contribution in [0.3, 0.4) is 0 Å². The van der Waals surface area contributed by atoms with E-state index in [1.165, 1.54) is 18.5 Å². The zero-order valence-corrected chi connectivity index (χ0v) is 7.95. The van der Waals surface area contributed by atoms with E-state index >= 15 is 0 Å². The molecule has 0 aliphatic carbocycles. The molecule has 1 aromatic heterocycles. The van der Waals surface area contributed by atoms with Crippen LogP contribution >= 0.6 is 15.9 Å². The molecule has 2 rings (SSSR count). The zero-order chi connectivity index (χ0) is 9.26. The molecule has 0 fully saturated rings. The van der Waals surface area contributed by atoms with Gasteiger partial charge in [-0.15, -0.1) is 10.2 Å². The van der Waals surface area contributed by atoms with Gasteiger partial charge < -0.3 is 4.42 Å². The van der Waals surface area contributed by atoms with Crippen LogP contribution < -0.4 is 0 Å². The Morgan fingerprint density at radius 2 is 2.15 bits per heavy atom. The summed E-state index contributed by atoms with van der Waals surface area (Å²) in [6.07, 6.45) is 1.20. The topological polar surface area (TPSA) is 38.9 Å². The van der Waals surface area contributed by atoms with Crippen molar-refractivity contribution in [3.8, 4) is 11.5 Å². The van der Waals surface area contributed by atoms with Gasteiger partial charge in [-0.2, -0.15) is 0 Å². The van der Waals surface area contributed by atoms with Gasteiger partial charge in [-0.25, -0.2) is 4.39 Å². The van der Waals surface area contributed by atoms with Crippen LogP contribution in [0.25, 0.3) is 11.5 Å². The summed E-state index contributed by atoms with van der Waals surface area (Å²) in [5.74, 6) is -0.0391. The minimum absolute atomic E-state index is 0.306. The fourth-order valence-corrected chi connectivity index (χ4v) is 1.44. The highest BCUT2D eigenvalue weighted by Crippen LogP contribution is 2.22. The third kappa shape index (κ3) is 1.75. The molecule has 3 nitrogen and oxygen atoms in total. The molecule has 0 N–H and O–H groups in total. The average Bonchev–Trinajstić information content (AvgIpc) is 2.53. The monoisotopic (exact) mass is 242 g/mol. The fourth-order valence-electron chi connectivity index (χ4n) is 0.976. The van der Waals surface area contributed by atoms with E-state index in [9.17, 15) is 4.39 Å². The van der Waals surface area contributed by atoms with Crippen LogP contribution in [0.2, 0.25) is 0 Å². The lowest BCUT2D eigenvalue weighted by Gasteiger charge is -1.96. The molecule has 0 amide bonds. The van der Waals surface area contributed by atoms with Gasteiger partial charge in [0.05, 0.1) is 0 Å². The largest absolute Gasteiger partial charge is 0.423 e. The van der Waals surface area contributed by atoms with Crippen LogP contribution in [0.15, 0.2) is 33.5 Å². The maximum atomic E-state index is 12.9. The van der Waals surface area contributed by atoms with Crippen molar-refractivity contribution < 1.29 is 8.81 Å². The third-order valence-electron chi connectivity index (χ3n) is 1.47. The highest BCUT2D eigenvalue weighted by molar-refractivity contribution is 9.10. The Labute approximate surface area is 81.7 Å². The standard InChI is InChI=1S/C8H4BrFN2O/c9-6-1-5(2-7(10)3-6)8-12-11-4-13-8/h1-4H. The van der Waals surface area contributed by atoms with E-state index in [0.29, 0.717) is 15.9 Å². The van der Waals surface area contributed by atoms with E-state index in [-0.39, 0.29) is 5.82 Å². The molecule has 0 radical (unpaired) electrons. The minimum atomic E-state index is -0.345. The van der Waals surface area contributed by atoms with Crippen molar-refractivity contribution in [2.45, 2.75) is 0 Å². The number of hydrogen-bond acceptors (Lipinski definition) is 3. The summed E-state index contributed by atoms with van der Waals surface area (Å²) in [6.45, 7) is 0. The molecule has 13 heavy (non-hydrogen) atoms. The number of hydrogen-bond donors (Lipinski definition) is 0. The van der Waals surface area contributed by atoms with Crippen LogP contribution in [0, 0.1) is 5.82 Å². The van der Waals surface area contributed by atoms with E-state index in [1.807, 2.05) is 0 Å². The summed E-state index contributed by atoms with van der Waals surface area (Å²) < 4.78 is 18.5. The number of benzene rings is 1. The van der Waals surface area contributed by atoms with Crippen LogP contribution in [-0.4, -0.2) is 10.2 Å². The highest BCUT2D eigenvalue weighted by Gasteiger charge is 2.05. The number of rotatable bonds is 1. The molecule has 0 aliphatic heterocycles. The van der Waals surface area contributed by atoms with Gasteiger partial charge in [0.15, 0.2) is 0 Å². The molecule has 66 valence electrons. The summed E-state index contributed by atoms with van der Waals surface area (Å²) >= 11 is 3.17. The Morgan fingerprint density at radius 1 is 1.31 bits per heavy atom. The van der Waals surface area contributed by atoms with Gasteiger partial charge >= 0.3 is 0 Å². The summed E-state index contributed by atoms with van der Waals surface area (Å²) in [4.78, 5) is 0. The minimum Gasteiger partial charge on any atom is -0.423 e. The molecule has 0 saturated carbocycles. The second-order valence-corrected chi connectivity index (χ2v) is 3.32. The molecule has 1 aromatic carbocycles. The second kappa shape index (κ2) is 3.26. The maximum Gasteiger partial charge on any atom is 0.247 e. The molecule has 1 heterocycles. The third-order valence-corrected chi connectivity index (χ3v) is 1.93. The van der Waals surface area contributed by atoms with Crippen LogP contribution in [0.4, 0.5) is 4.39 Å². The smallest absolute Gasteiger partial charge is 0.247 e. The van der Waals surface area contributed by atoms with E-state index in [4.69, 9.17) is 4.42 Å². The van der Waals surface area contributed by atoms with Crippen LogP contribution in [0.1, 0.15) is 0 Å². The molecule has 0 saturated heterocycles. The Hall–Kier alpha value is -1.23. The van der Waals surface area contributed by atoms with E-state index in [0.717, 1.165) is 0 Å². The van der Waals surface area contributed by atoms with Gasteiger partial charge in [-0.3, -0.25) is 0 Å². The second-order valence-electron chi connectivity index (χ2n) is 2.40. The number of aromatic nitrogens is 2. The van der Waals surface area contributed by atoms with Crippen molar-refractivity contribution in [3.63, 3.8) is 0 Å². The molecule has 0 aliphatic rings. The normalized spacial score (nSPS) is 10.3. The van der Waals surface area contributed by atoms with Gasteiger partial charge in [0.25, 0.3) is 0 Å². The highest BCUT2D eigenvalue weighted by atomic mass is 79.9. The van der Waals surface area contributed by atoms with Crippen molar-refractivity contribution in [2.24, 2.45) is 0 Å². The predicted octanol–water partition coefficient (Wildman–Crippen LogP) is 2.64. The van der Waals surface area contributed by atoms with Crippen molar-refractivity contribution in [3.05, 3.63) is 34.9 Å². The first-order chi connectivity index (χ1) is 6.25. The van der Waals surface area contributed by atoms with E-state index in [2.05, 4.69) is 26.1 Å². The Bertz CT molecular complexity index is 396. The lowest BCUT2D eigenvalue weighted by molar-refractivity contribution is 0.566. The van der Waals surface area contributed by atoms with Gasteiger partial charge in [-0.05, 0) is 18.2 Å². The molecule has 0 atom stereocenters. The van der Waals surface area contributed by atoms with E-state index in [1.54, 1.807) is 6.07 Å². The summed E-state index contributed by atoms with van der Waals surface area (Å²) in [6, 6.07) is 4.40. The lowest BCUT2D eigenvalue weighted by atomic mass is 10.2. The van der Waals surface area contributed by atoms with Crippen molar-refractivity contribution in [2.75, 3.05) is 0 Å². The Morgan fingerprint density at radius 3 is 2.77 bits per heavy atom. The number of nitrogens with zero attached hydrogens (tertiary/aromatic N) is 2. The van der Waals surface area contributed by atoms with E-state index < -0.39 is 0 Å². The molecular formula is C8H4BrFN2O. The van der Waals surface area contributed by atoms with Gasteiger partial charge in [0.1, 0.15) is 5.82 Å². The molecule has 0 bridgehead atoms. The molecule has 0 spiro atoms. The molecule has 0 unspecified atom stereocenters. The first-order valence-corrected chi connectivity index (χ1v) is 4.27. The van der Waals surface area contributed by atoms with Crippen molar-refractivity contribution >= 4 is 15.9 Å². The first-order valence-electron chi connectivity index (χ1n) is 3.48. The molecule has 2 aromatic rings. The Balaban J connectivity index is 2.53.